The summed E-state index contributed by atoms with van der Waals surface area (Å²) in [6, 6.07) is 8.65. The number of amides is 1. The van der Waals surface area contributed by atoms with Gasteiger partial charge in [-0.1, -0.05) is 17.7 Å². The van der Waals surface area contributed by atoms with Crippen molar-refractivity contribution in [2.75, 3.05) is 13.1 Å². The lowest BCUT2D eigenvalue weighted by atomic mass is 10.1. The smallest absolute Gasteiger partial charge is 0.242 e. The highest BCUT2D eigenvalue weighted by atomic mass is 35.5. The first-order valence-corrected chi connectivity index (χ1v) is 7.93. The summed E-state index contributed by atoms with van der Waals surface area (Å²) < 4.78 is 0. The van der Waals surface area contributed by atoms with Crippen LogP contribution >= 0.6 is 22.9 Å². The Labute approximate surface area is 132 Å². The monoisotopic (exact) mass is 322 g/mol. The minimum absolute atomic E-state index is 0.0231. The molecule has 21 heavy (non-hydrogen) atoms. The fraction of sp³-hybridized carbons (Fsp3) is 0.267. The number of phenols is 1. The van der Waals surface area contributed by atoms with Crippen molar-refractivity contribution in [1.29, 1.82) is 0 Å². The number of piperazine rings is 1. The van der Waals surface area contributed by atoms with Crippen LogP contribution in [0.3, 0.4) is 0 Å². The van der Waals surface area contributed by atoms with Crippen LogP contribution in [0.15, 0.2) is 35.7 Å². The van der Waals surface area contributed by atoms with Crippen LogP contribution in [0.25, 0.3) is 0 Å². The van der Waals surface area contributed by atoms with E-state index in [4.69, 9.17) is 11.6 Å². The SMILES string of the molecule is O=C1NCCN(Cc2cc(O)cc(Cl)c2)C1c1cccs1. The number of hydrogen-bond donors (Lipinski definition) is 2. The molecule has 0 radical (unpaired) electrons. The van der Waals surface area contributed by atoms with Crippen molar-refractivity contribution in [3.05, 3.63) is 51.2 Å². The van der Waals surface area contributed by atoms with E-state index in [2.05, 4.69) is 10.2 Å². The third-order valence-corrected chi connectivity index (χ3v) is 4.60. The van der Waals surface area contributed by atoms with Gasteiger partial charge in [0.25, 0.3) is 0 Å². The average molecular weight is 323 g/mol. The summed E-state index contributed by atoms with van der Waals surface area (Å²) in [4.78, 5) is 15.3. The van der Waals surface area contributed by atoms with E-state index < -0.39 is 0 Å². The Morgan fingerprint density at radius 3 is 3.00 bits per heavy atom. The molecule has 2 aromatic rings. The second kappa shape index (κ2) is 6.05. The number of benzene rings is 1. The standard InChI is InChI=1S/C15H15ClN2O2S/c16-11-6-10(7-12(19)8-11)9-18-4-3-17-15(20)14(18)13-2-1-5-21-13/h1-2,5-8,14,19H,3-4,9H2,(H,17,20). The fourth-order valence-corrected chi connectivity index (χ4v) is 3.71. The third-order valence-electron chi connectivity index (χ3n) is 3.45. The van der Waals surface area contributed by atoms with E-state index in [1.54, 1.807) is 17.4 Å². The van der Waals surface area contributed by atoms with E-state index in [1.165, 1.54) is 6.07 Å². The molecule has 1 saturated heterocycles. The second-order valence-corrected chi connectivity index (χ2v) is 6.41. The van der Waals surface area contributed by atoms with Crippen LogP contribution in [0.4, 0.5) is 0 Å². The molecule has 1 atom stereocenters. The maximum Gasteiger partial charge on any atom is 0.242 e. The predicted molar refractivity (Wildman–Crippen MR) is 83.6 cm³/mol. The number of carbonyl (C=O) groups excluding carboxylic acids is 1. The molecule has 0 bridgehead atoms. The highest BCUT2D eigenvalue weighted by Gasteiger charge is 2.31. The summed E-state index contributed by atoms with van der Waals surface area (Å²) >= 11 is 7.55. The van der Waals surface area contributed by atoms with Gasteiger partial charge in [0.1, 0.15) is 11.8 Å². The van der Waals surface area contributed by atoms with E-state index in [0.29, 0.717) is 18.1 Å². The van der Waals surface area contributed by atoms with Crippen molar-refractivity contribution in [2.45, 2.75) is 12.6 Å². The minimum Gasteiger partial charge on any atom is -0.508 e. The lowest BCUT2D eigenvalue weighted by molar-refractivity contribution is -0.129. The Hall–Kier alpha value is -1.56. The number of halogens is 1. The van der Waals surface area contributed by atoms with Crippen molar-refractivity contribution in [3.8, 4) is 5.75 Å². The molecule has 1 aliphatic heterocycles. The minimum atomic E-state index is -0.278. The predicted octanol–water partition coefficient (Wildman–Crippen LogP) is 2.78. The van der Waals surface area contributed by atoms with Gasteiger partial charge >= 0.3 is 0 Å². The molecule has 0 saturated carbocycles. The molecule has 2 N–H and O–H groups in total. The number of nitrogens with one attached hydrogen (secondary N) is 1. The number of nitrogens with zero attached hydrogens (tertiary/aromatic N) is 1. The average Bonchev–Trinajstić information content (AvgIpc) is 2.91. The number of phenolic OH excluding ortho intramolecular Hbond substituents is 1. The molecule has 1 fully saturated rings. The Bertz CT molecular complexity index is 625. The van der Waals surface area contributed by atoms with Crippen molar-refractivity contribution in [1.82, 2.24) is 10.2 Å². The molecule has 0 aliphatic carbocycles. The first-order chi connectivity index (χ1) is 10.1. The van der Waals surface area contributed by atoms with Crippen LogP contribution < -0.4 is 5.32 Å². The van der Waals surface area contributed by atoms with Gasteiger partial charge in [-0.15, -0.1) is 11.3 Å². The van der Waals surface area contributed by atoms with Crippen molar-refractivity contribution in [3.63, 3.8) is 0 Å². The highest BCUT2D eigenvalue weighted by molar-refractivity contribution is 7.10. The van der Waals surface area contributed by atoms with Crippen LogP contribution in [0.5, 0.6) is 5.75 Å². The zero-order valence-corrected chi connectivity index (χ0v) is 12.8. The molecule has 1 aromatic heterocycles. The lowest BCUT2D eigenvalue weighted by Gasteiger charge is -2.34. The summed E-state index contributed by atoms with van der Waals surface area (Å²) in [5.74, 6) is 0.168. The Balaban J connectivity index is 1.86. The van der Waals surface area contributed by atoms with Crippen LogP contribution in [0.2, 0.25) is 5.02 Å². The topological polar surface area (TPSA) is 52.6 Å². The quantitative estimate of drug-likeness (QED) is 0.913. The van der Waals surface area contributed by atoms with Gasteiger partial charge in [-0.25, -0.2) is 0 Å². The molecule has 4 nitrogen and oxygen atoms in total. The summed E-state index contributed by atoms with van der Waals surface area (Å²) in [7, 11) is 0. The summed E-state index contributed by atoms with van der Waals surface area (Å²) in [5.41, 5.74) is 0.899. The number of aromatic hydroxyl groups is 1. The van der Waals surface area contributed by atoms with Crippen molar-refractivity contribution in [2.24, 2.45) is 0 Å². The maximum atomic E-state index is 12.2. The summed E-state index contributed by atoms with van der Waals surface area (Å²) in [6.45, 7) is 1.97. The highest BCUT2D eigenvalue weighted by Crippen LogP contribution is 2.29. The van der Waals surface area contributed by atoms with Gasteiger partial charge in [-0.05, 0) is 35.2 Å². The Kier molecular flexibility index (Phi) is 4.14. The number of rotatable bonds is 3. The second-order valence-electron chi connectivity index (χ2n) is 5.00. The van der Waals surface area contributed by atoms with Crippen LogP contribution in [-0.4, -0.2) is 29.0 Å². The van der Waals surface area contributed by atoms with Crippen LogP contribution in [-0.2, 0) is 11.3 Å². The van der Waals surface area contributed by atoms with Crippen molar-refractivity contribution >= 4 is 28.8 Å². The van der Waals surface area contributed by atoms with E-state index in [-0.39, 0.29) is 17.7 Å². The normalized spacial score (nSPS) is 19.5. The number of carbonyl (C=O) groups is 1. The first kappa shape index (κ1) is 14.4. The van der Waals surface area contributed by atoms with E-state index in [0.717, 1.165) is 17.0 Å². The molecule has 110 valence electrons. The summed E-state index contributed by atoms with van der Waals surface area (Å²) in [6.07, 6.45) is 0. The molecular weight excluding hydrogens is 308 g/mol. The summed E-state index contributed by atoms with van der Waals surface area (Å²) in [5, 5.41) is 15.0. The van der Waals surface area contributed by atoms with Crippen LogP contribution in [0.1, 0.15) is 16.5 Å². The fourth-order valence-electron chi connectivity index (χ4n) is 2.60. The Morgan fingerprint density at radius 2 is 2.29 bits per heavy atom. The molecule has 1 aromatic carbocycles. The number of hydrogen-bond acceptors (Lipinski definition) is 4. The molecule has 1 amide bonds. The maximum absolute atomic E-state index is 12.2. The Morgan fingerprint density at radius 1 is 1.43 bits per heavy atom. The van der Waals surface area contributed by atoms with Gasteiger partial charge < -0.3 is 10.4 Å². The molecule has 1 unspecified atom stereocenters. The molecule has 6 heteroatoms. The van der Waals surface area contributed by atoms with Gasteiger partial charge in [-0.2, -0.15) is 0 Å². The van der Waals surface area contributed by atoms with E-state index in [1.807, 2.05) is 23.6 Å². The molecule has 0 spiro atoms. The molecule has 3 rings (SSSR count). The zero-order valence-electron chi connectivity index (χ0n) is 11.3. The van der Waals surface area contributed by atoms with Crippen molar-refractivity contribution < 1.29 is 9.90 Å². The number of thiophene rings is 1. The van der Waals surface area contributed by atoms with E-state index >= 15 is 0 Å². The van der Waals surface area contributed by atoms with Gasteiger partial charge in [0.15, 0.2) is 0 Å². The van der Waals surface area contributed by atoms with Gasteiger partial charge in [0, 0.05) is 29.5 Å². The largest absolute Gasteiger partial charge is 0.508 e. The van der Waals surface area contributed by atoms with Crippen LogP contribution in [0, 0.1) is 0 Å². The van der Waals surface area contributed by atoms with Gasteiger partial charge in [0.2, 0.25) is 5.91 Å². The van der Waals surface area contributed by atoms with Gasteiger partial charge in [-0.3, -0.25) is 9.69 Å². The lowest BCUT2D eigenvalue weighted by Crippen LogP contribution is -2.49. The molecule has 2 heterocycles. The molecule has 1 aliphatic rings. The molecular formula is C15H15ClN2O2S. The third kappa shape index (κ3) is 3.20. The van der Waals surface area contributed by atoms with Gasteiger partial charge in [0.05, 0.1) is 0 Å². The zero-order chi connectivity index (χ0) is 14.8. The first-order valence-electron chi connectivity index (χ1n) is 6.67. The van der Waals surface area contributed by atoms with E-state index in [9.17, 15) is 9.90 Å².